The minimum absolute atomic E-state index is 0.0898. The highest BCUT2D eigenvalue weighted by molar-refractivity contribution is 9.10. The first-order chi connectivity index (χ1) is 9.29. The lowest BCUT2D eigenvalue weighted by molar-refractivity contribution is 0.199. The smallest absolute Gasteiger partial charge is 0.0510 e. The molecule has 0 amide bonds. The van der Waals surface area contributed by atoms with Crippen LogP contribution in [0, 0.1) is 11.3 Å². The molecule has 20 heavy (non-hydrogen) atoms. The summed E-state index contributed by atoms with van der Waals surface area (Å²) in [5.41, 5.74) is 8.87. The van der Waals surface area contributed by atoms with Gasteiger partial charge in [-0.15, -0.1) is 0 Å². The first-order valence-electron chi connectivity index (χ1n) is 7.59. The van der Waals surface area contributed by atoms with Crippen LogP contribution in [0.4, 0.5) is 5.69 Å². The minimum Gasteiger partial charge on any atom is -0.371 e. The van der Waals surface area contributed by atoms with E-state index < -0.39 is 0 Å². The van der Waals surface area contributed by atoms with Crippen molar-refractivity contribution >= 4 is 21.6 Å². The van der Waals surface area contributed by atoms with Crippen LogP contribution in [0.3, 0.4) is 0 Å². The molecule has 3 heteroatoms. The number of hydrogen-bond acceptors (Lipinski definition) is 2. The Labute approximate surface area is 131 Å². The maximum absolute atomic E-state index is 5.94. The first-order valence-corrected chi connectivity index (χ1v) is 8.38. The van der Waals surface area contributed by atoms with Crippen LogP contribution in [-0.4, -0.2) is 13.1 Å². The van der Waals surface area contributed by atoms with Gasteiger partial charge < -0.3 is 10.6 Å². The van der Waals surface area contributed by atoms with Gasteiger partial charge in [-0.2, -0.15) is 0 Å². The fraction of sp³-hybridized carbons (Fsp3) is 0.647. The van der Waals surface area contributed by atoms with Crippen molar-refractivity contribution in [3.8, 4) is 0 Å². The molecule has 0 saturated carbocycles. The summed E-state index contributed by atoms with van der Waals surface area (Å²) >= 11 is 3.71. The number of hydrogen-bond donors (Lipinski definition) is 1. The van der Waals surface area contributed by atoms with Crippen molar-refractivity contribution in [3.05, 3.63) is 28.2 Å². The molecule has 1 aromatic rings. The highest BCUT2D eigenvalue weighted by Gasteiger charge is 2.29. The molecule has 1 aliphatic heterocycles. The third-order valence-electron chi connectivity index (χ3n) is 4.56. The fourth-order valence-corrected chi connectivity index (χ4v) is 3.70. The van der Waals surface area contributed by atoms with Crippen LogP contribution in [0.25, 0.3) is 0 Å². The van der Waals surface area contributed by atoms with E-state index in [1.54, 1.807) is 0 Å². The van der Waals surface area contributed by atoms with Crippen molar-refractivity contribution in [1.82, 2.24) is 0 Å². The molecular weight excluding hydrogens is 312 g/mol. The van der Waals surface area contributed by atoms with E-state index in [9.17, 15) is 0 Å². The summed E-state index contributed by atoms with van der Waals surface area (Å²) in [7, 11) is 0. The third kappa shape index (κ3) is 3.56. The van der Waals surface area contributed by atoms with Gasteiger partial charge in [0.1, 0.15) is 0 Å². The van der Waals surface area contributed by atoms with E-state index in [1.165, 1.54) is 28.6 Å². The number of nitrogens with zero attached hydrogens (tertiary/aromatic N) is 1. The van der Waals surface area contributed by atoms with Crippen LogP contribution >= 0.6 is 15.9 Å². The van der Waals surface area contributed by atoms with Gasteiger partial charge >= 0.3 is 0 Å². The van der Waals surface area contributed by atoms with Crippen LogP contribution in [0.1, 0.15) is 52.1 Å². The predicted molar refractivity (Wildman–Crippen MR) is 91.1 cm³/mol. The first kappa shape index (κ1) is 15.8. The quantitative estimate of drug-likeness (QED) is 0.844. The Bertz CT molecular complexity index is 455. The summed E-state index contributed by atoms with van der Waals surface area (Å²) in [6.07, 6.45) is 2.57. The summed E-state index contributed by atoms with van der Waals surface area (Å²) < 4.78 is 1.17. The highest BCUT2D eigenvalue weighted by Crippen LogP contribution is 2.37. The average Bonchev–Trinajstić information content (AvgIpc) is 2.37. The molecule has 0 aromatic heterocycles. The van der Waals surface area contributed by atoms with Crippen molar-refractivity contribution in [2.24, 2.45) is 17.1 Å². The van der Waals surface area contributed by atoms with Crippen molar-refractivity contribution in [2.75, 3.05) is 18.0 Å². The van der Waals surface area contributed by atoms with E-state index in [0.29, 0.717) is 5.41 Å². The van der Waals surface area contributed by atoms with Crippen LogP contribution < -0.4 is 10.6 Å². The van der Waals surface area contributed by atoms with Gasteiger partial charge in [-0.1, -0.05) is 26.8 Å². The maximum atomic E-state index is 5.94. The monoisotopic (exact) mass is 338 g/mol. The predicted octanol–water partition coefficient (Wildman–Crippen LogP) is 4.73. The molecule has 0 radical (unpaired) electrons. The molecule has 1 unspecified atom stereocenters. The highest BCUT2D eigenvalue weighted by atomic mass is 79.9. The Morgan fingerprint density at radius 2 is 1.85 bits per heavy atom. The molecule has 2 nitrogen and oxygen atoms in total. The van der Waals surface area contributed by atoms with Crippen molar-refractivity contribution < 1.29 is 0 Å². The minimum atomic E-state index is 0.0898. The van der Waals surface area contributed by atoms with E-state index in [4.69, 9.17) is 5.73 Å². The third-order valence-corrected chi connectivity index (χ3v) is 5.19. The zero-order valence-electron chi connectivity index (χ0n) is 13.1. The lowest BCUT2D eigenvalue weighted by Crippen LogP contribution is -2.38. The zero-order valence-corrected chi connectivity index (χ0v) is 14.7. The maximum Gasteiger partial charge on any atom is 0.0510 e. The second-order valence-electron chi connectivity index (χ2n) is 7.13. The standard InChI is InChI=1S/C17H27BrN2/c1-12(19)13-5-6-16(15(18)11-13)20-9-7-14(8-10-20)17(2,3)4/h5-6,11-12,14H,7-10,19H2,1-4H3. The van der Waals surface area contributed by atoms with E-state index in [1.807, 2.05) is 6.92 Å². The molecule has 2 rings (SSSR count). The summed E-state index contributed by atoms with van der Waals surface area (Å²) in [5, 5.41) is 0. The summed E-state index contributed by atoms with van der Waals surface area (Å²) in [4.78, 5) is 2.50. The number of anilines is 1. The summed E-state index contributed by atoms with van der Waals surface area (Å²) in [5.74, 6) is 0.834. The van der Waals surface area contributed by atoms with Gasteiger partial charge in [-0.3, -0.25) is 0 Å². The van der Waals surface area contributed by atoms with Gasteiger partial charge in [-0.25, -0.2) is 0 Å². The van der Waals surface area contributed by atoms with E-state index in [0.717, 1.165) is 19.0 Å². The molecule has 1 atom stereocenters. The normalized spacial score (nSPS) is 19.2. The molecular formula is C17H27BrN2. The number of benzene rings is 1. The summed E-state index contributed by atoms with van der Waals surface area (Å²) in [6, 6.07) is 6.61. The SMILES string of the molecule is CC(N)c1ccc(N2CCC(C(C)(C)C)CC2)c(Br)c1. The molecule has 0 aliphatic carbocycles. The molecule has 1 saturated heterocycles. The molecule has 1 aromatic carbocycles. The Morgan fingerprint density at radius 3 is 2.30 bits per heavy atom. The number of halogens is 1. The van der Waals surface area contributed by atoms with Crippen LogP contribution in [0.2, 0.25) is 0 Å². The van der Waals surface area contributed by atoms with Crippen LogP contribution in [0.5, 0.6) is 0 Å². The van der Waals surface area contributed by atoms with Gasteiger partial charge in [0.25, 0.3) is 0 Å². The molecule has 1 aliphatic rings. The molecule has 0 bridgehead atoms. The van der Waals surface area contributed by atoms with Gasteiger partial charge in [0.05, 0.1) is 5.69 Å². The van der Waals surface area contributed by atoms with E-state index in [2.05, 4.69) is 59.8 Å². The Morgan fingerprint density at radius 1 is 1.25 bits per heavy atom. The second-order valence-corrected chi connectivity index (χ2v) is 7.98. The Balaban J connectivity index is 2.07. The Hall–Kier alpha value is -0.540. The number of piperidine rings is 1. The summed E-state index contributed by atoms with van der Waals surface area (Å²) in [6.45, 7) is 11.4. The molecule has 2 N–H and O–H groups in total. The van der Waals surface area contributed by atoms with Crippen molar-refractivity contribution in [3.63, 3.8) is 0 Å². The largest absolute Gasteiger partial charge is 0.371 e. The van der Waals surface area contributed by atoms with Gasteiger partial charge in [0, 0.05) is 23.6 Å². The van der Waals surface area contributed by atoms with Crippen molar-refractivity contribution in [2.45, 2.75) is 46.6 Å². The van der Waals surface area contributed by atoms with Crippen molar-refractivity contribution in [1.29, 1.82) is 0 Å². The topological polar surface area (TPSA) is 29.3 Å². The van der Waals surface area contributed by atoms with E-state index >= 15 is 0 Å². The van der Waals surface area contributed by atoms with Crippen LogP contribution in [0.15, 0.2) is 22.7 Å². The number of nitrogens with two attached hydrogens (primary N) is 1. The molecule has 1 fully saturated rings. The van der Waals surface area contributed by atoms with Gasteiger partial charge in [0.15, 0.2) is 0 Å². The van der Waals surface area contributed by atoms with Gasteiger partial charge in [-0.05, 0) is 64.7 Å². The molecule has 1 heterocycles. The zero-order chi connectivity index (χ0) is 14.9. The molecule has 112 valence electrons. The lowest BCUT2D eigenvalue weighted by Gasteiger charge is -2.40. The van der Waals surface area contributed by atoms with E-state index in [-0.39, 0.29) is 6.04 Å². The number of rotatable bonds is 2. The van der Waals surface area contributed by atoms with Crippen LogP contribution in [-0.2, 0) is 0 Å². The fourth-order valence-electron chi connectivity index (χ4n) is 3.05. The average molecular weight is 339 g/mol. The lowest BCUT2D eigenvalue weighted by atomic mass is 9.75. The van der Waals surface area contributed by atoms with Gasteiger partial charge in [0.2, 0.25) is 0 Å². The Kier molecular flexibility index (Phi) is 4.80. The second kappa shape index (κ2) is 6.07. The molecule has 0 spiro atoms.